The number of amides is 1. The highest BCUT2D eigenvalue weighted by Gasteiger charge is 2.21. The smallest absolute Gasteiger partial charge is 0.320 e. The summed E-state index contributed by atoms with van der Waals surface area (Å²) in [6, 6.07) is 0.306. The van der Waals surface area contributed by atoms with Crippen LogP contribution < -0.4 is 5.32 Å². The van der Waals surface area contributed by atoms with E-state index in [2.05, 4.69) is 12.2 Å². The summed E-state index contributed by atoms with van der Waals surface area (Å²) in [6.45, 7) is 7.47. The number of likely N-dealkylation sites (N-methyl/N-ethyl adjacent to an activating group) is 1. The van der Waals surface area contributed by atoms with Crippen LogP contribution in [0.15, 0.2) is 0 Å². The third-order valence-electron chi connectivity index (χ3n) is 3.85. The fraction of sp³-hybridized carbons (Fsp3) is 0.867. The number of carbonyl (C=O) groups is 2. The molecule has 0 saturated heterocycles. The number of nitrogens with zero attached hydrogens (tertiary/aromatic N) is 1. The van der Waals surface area contributed by atoms with Crippen molar-refractivity contribution in [2.75, 3.05) is 26.2 Å². The molecule has 1 saturated carbocycles. The van der Waals surface area contributed by atoms with Gasteiger partial charge in [0.1, 0.15) is 0 Å². The first-order chi connectivity index (χ1) is 9.55. The Morgan fingerprint density at radius 3 is 2.35 bits per heavy atom. The molecule has 0 atom stereocenters. The van der Waals surface area contributed by atoms with Crippen LogP contribution in [0.5, 0.6) is 0 Å². The summed E-state index contributed by atoms with van der Waals surface area (Å²) in [5, 5.41) is 3.08. The largest absolute Gasteiger partial charge is 0.465 e. The molecular formula is C15H28N2O3. The minimum absolute atomic E-state index is 0.00991. The second-order valence-electron chi connectivity index (χ2n) is 5.63. The van der Waals surface area contributed by atoms with Crippen molar-refractivity contribution < 1.29 is 14.3 Å². The lowest BCUT2D eigenvalue weighted by molar-refractivity contribution is -0.144. The van der Waals surface area contributed by atoms with Gasteiger partial charge in [-0.05, 0) is 45.1 Å². The van der Waals surface area contributed by atoms with Gasteiger partial charge in [0.05, 0.1) is 19.7 Å². The van der Waals surface area contributed by atoms with E-state index in [0.29, 0.717) is 19.2 Å². The van der Waals surface area contributed by atoms with Crippen molar-refractivity contribution >= 4 is 11.9 Å². The molecule has 1 fully saturated rings. The van der Waals surface area contributed by atoms with Gasteiger partial charge >= 0.3 is 5.97 Å². The molecule has 0 heterocycles. The van der Waals surface area contributed by atoms with Gasteiger partial charge in [-0.2, -0.15) is 0 Å². The molecule has 0 aromatic carbocycles. The van der Waals surface area contributed by atoms with Gasteiger partial charge in [0, 0.05) is 6.04 Å². The number of ether oxygens (including phenoxy) is 1. The van der Waals surface area contributed by atoms with Gasteiger partial charge < -0.3 is 10.1 Å². The van der Waals surface area contributed by atoms with E-state index in [9.17, 15) is 9.59 Å². The number of rotatable bonds is 7. The van der Waals surface area contributed by atoms with Crippen LogP contribution in [0, 0.1) is 5.92 Å². The van der Waals surface area contributed by atoms with E-state index in [4.69, 9.17) is 4.74 Å². The topological polar surface area (TPSA) is 58.6 Å². The third-order valence-corrected chi connectivity index (χ3v) is 3.85. The van der Waals surface area contributed by atoms with Gasteiger partial charge in [-0.25, -0.2) is 0 Å². The van der Waals surface area contributed by atoms with E-state index in [1.165, 1.54) is 12.8 Å². The van der Waals surface area contributed by atoms with E-state index in [1.807, 2.05) is 6.92 Å². The van der Waals surface area contributed by atoms with Crippen molar-refractivity contribution in [2.45, 2.75) is 52.5 Å². The minimum Gasteiger partial charge on any atom is -0.465 e. The summed E-state index contributed by atoms with van der Waals surface area (Å²) in [4.78, 5) is 25.2. The van der Waals surface area contributed by atoms with Crippen molar-refractivity contribution in [3.05, 3.63) is 0 Å². The maximum absolute atomic E-state index is 12.0. The number of carbonyl (C=O) groups excluding carboxylic acids is 2. The summed E-state index contributed by atoms with van der Waals surface area (Å²) in [5.41, 5.74) is 0. The third kappa shape index (κ3) is 6.37. The first-order valence-corrected chi connectivity index (χ1v) is 7.72. The first-order valence-electron chi connectivity index (χ1n) is 7.72. The fourth-order valence-electron chi connectivity index (χ4n) is 2.55. The number of esters is 1. The average Bonchev–Trinajstić information content (AvgIpc) is 2.41. The van der Waals surface area contributed by atoms with Crippen molar-refractivity contribution in [1.29, 1.82) is 0 Å². The quantitative estimate of drug-likeness (QED) is 0.721. The van der Waals surface area contributed by atoms with Gasteiger partial charge in [0.25, 0.3) is 0 Å². The van der Waals surface area contributed by atoms with Crippen LogP contribution in [0.2, 0.25) is 0 Å². The van der Waals surface area contributed by atoms with Crippen molar-refractivity contribution in [1.82, 2.24) is 10.2 Å². The fourth-order valence-corrected chi connectivity index (χ4v) is 2.55. The molecular weight excluding hydrogens is 256 g/mol. The number of nitrogens with one attached hydrogen (secondary N) is 1. The molecule has 1 aliphatic rings. The van der Waals surface area contributed by atoms with E-state index >= 15 is 0 Å². The minimum atomic E-state index is -0.270. The molecule has 0 radical (unpaired) electrons. The van der Waals surface area contributed by atoms with E-state index in [-0.39, 0.29) is 25.0 Å². The lowest BCUT2D eigenvalue weighted by Gasteiger charge is -2.28. The normalized spacial score (nSPS) is 22.6. The molecule has 1 rings (SSSR count). The molecule has 5 heteroatoms. The lowest BCUT2D eigenvalue weighted by Crippen LogP contribution is -2.44. The van der Waals surface area contributed by atoms with Crippen LogP contribution in [0.3, 0.4) is 0 Å². The summed E-state index contributed by atoms with van der Waals surface area (Å²) in [5.74, 6) is 0.517. The Morgan fingerprint density at radius 1 is 1.15 bits per heavy atom. The maximum atomic E-state index is 12.0. The van der Waals surface area contributed by atoms with Crippen LogP contribution in [-0.2, 0) is 14.3 Å². The maximum Gasteiger partial charge on any atom is 0.320 e. The molecule has 0 bridgehead atoms. The lowest BCUT2D eigenvalue weighted by atomic mass is 9.87. The van der Waals surface area contributed by atoms with Gasteiger partial charge in [-0.1, -0.05) is 13.8 Å². The van der Waals surface area contributed by atoms with Crippen LogP contribution in [0.25, 0.3) is 0 Å². The van der Waals surface area contributed by atoms with Crippen LogP contribution in [-0.4, -0.2) is 49.1 Å². The predicted octanol–water partition coefficient (Wildman–Crippen LogP) is 1.57. The summed E-state index contributed by atoms with van der Waals surface area (Å²) in [7, 11) is 0. The number of hydrogen-bond acceptors (Lipinski definition) is 4. The predicted molar refractivity (Wildman–Crippen MR) is 78.3 cm³/mol. The Balaban J connectivity index is 2.30. The Kier molecular flexibility index (Phi) is 7.59. The molecule has 1 amide bonds. The Bertz CT molecular complexity index is 312. The highest BCUT2D eigenvalue weighted by atomic mass is 16.5. The molecule has 1 aliphatic carbocycles. The second kappa shape index (κ2) is 8.95. The molecule has 0 aromatic rings. The number of hydrogen-bond donors (Lipinski definition) is 1. The van der Waals surface area contributed by atoms with Crippen LogP contribution in [0.1, 0.15) is 46.5 Å². The molecule has 0 unspecified atom stereocenters. The summed E-state index contributed by atoms with van der Waals surface area (Å²) in [6.07, 6.45) is 4.50. The standard InChI is InChI=1S/C15H28N2O3/c1-4-17(11-15(19)20-5-2)10-14(18)16-13-8-6-12(3)7-9-13/h12-13H,4-11H2,1-3H3,(H,16,18). The van der Waals surface area contributed by atoms with E-state index in [1.54, 1.807) is 11.8 Å². The van der Waals surface area contributed by atoms with E-state index in [0.717, 1.165) is 18.8 Å². The van der Waals surface area contributed by atoms with Crippen molar-refractivity contribution in [3.63, 3.8) is 0 Å². The molecule has 20 heavy (non-hydrogen) atoms. The zero-order valence-corrected chi connectivity index (χ0v) is 13.0. The van der Waals surface area contributed by atoms with Crippen LogP contribution in [0.4, 0.5) is 0 Å². The Morgan fingerprint density at radius 2 is 1.80 bits per heavy atom. The molecule has 0 spiro atoms. The van der Waals surface area contributed by atoms with Gasteiger partial charge in [0.2, 0.25) is 5.91 Å². The molecule has 116 valence electrons. The van der Waals surface area contributed by atoms with Crippen molar-refractivity contribution in [2.24, 2.45) is 5.92 Å². The molecule has 0 aliphatic heterocycles. The average molecular weight is 284 g/mol. The Labute approximate surface area is 122 Å². The Hall–Kier alpha value is -1.10. The van der Waals surface area contributed by atoms with Gasteiger partial charge in [-0.15, -0.1) is 0 Å². The zero-order chi connectivity index (χ0) is 15.0. The molecule has 0 aromatic heterocycles. The van der Waals surface area contributed by atoms with Crippen LogP contribution >= 0.6 is 0 Å². The highest BCUT2D eigenvalue weighted by molar-refractivity contribution is 5.79. The summed E-state index contributed by atoms with van der Waals surface area (Å²) >= 11 is 0. The van der Waals surface area contributed by atoms with Gasteiger partial charge in [-0.3, -0.25) is 14.5 Å². The second-order valence-corrected chi connectivity index (χ2v) is 5.63. The van der Waals surface area contributed by atoms with E-state index < -0.39 is 0 Å². The highest BCUT2D eigenvalue weighted by Crippen LogP contribution is 2.23. The monoisotopic (exact) mass is 284 g/mol. The zero-order valence-electron chi connectivity index (χ0n) is 13.0. The molecule has 5 nitrogen and oxygen atoms in total. The molecule has 1 N–H and O–H groups in total. The first kappa shape index (κ1) is 17.0. The SMILES string of the molecule is CCOC(=O)CN(CC)CC(=O)NC1CCC(C)CC1. The van der Waals surface area contributed by atoms with Gasteiger partial charge in [0.15, 0.2) is 0 Å². The van der Waals surface area contributed by atoms with Crippen molar-refractivity contribution in [3.8, 4) is 0 Å². The summed E-state index contributed by atoms with van der Waals surface area (Å²) < 4.78 is 4.91.